The topological polar surface area (TPSA) is 77.2 Å². The zero-order valence-electron chi connectivity index (χ0n) is 20.6. The molecule has 0 bridgehead atoms. The lowest BCUT2D eigenvalue weighted by Gasteiger charge is -2.17. The van der Waals surface area contributed by atoms with Gasteiger partial charge in [-0.15, -0.1) is 0 Å². The Morgan fingerprint density at radius 2 is 1.55 bits per heavy atom. The summed E-state index contributed by atoms with van der Waals surface area (Å²) in [5.41, 5.74) is 4.39. The molecule has 0 saturated carbocycles. The molecule has 190 valence electrons. The van der Waals surface area contributed by atoms with Gasteiger partial charge < -0.3 is 9.88 Å². The van der Waals surface area contributed by atoms with Crippen molar-refractivity contribution in [1.82, 2.24) is 9.88 Å². The Kier molecular flexibility index (Phi) is 7.26. The van der Waals surface area contributed by atoms with Crippen molar-refractivity contribution >= 4 is 22.5 Å². The van der Waals surface area contributed by atoms with E-state index in [0.29, 0.717) is 18.5 Å². The number of nitrogens with one attached hydrogen (secondary N) is 1. The maximum atomic E-state index is 13.8. The third-order valence-corrected chi connectivity index (χ3v) is 6.67. The van der Waals surface area contributed by atoms with Gasteiger partial charge in [-0.25, -0.2) is 4.39 Å². The molecule has 0 aliphatic heterocycles. The van der Waals surface area contributed by atoms with Crippen LogP contribution in [0, 0.1) is 15.9 Å². The molecule has 1 heterocycles. The van der Waals surface area contributed by atoms with Crippen LogP contribution >= 0.6 is 0 Å². The molecule has 0 saturated heterocycles. The van der Waals surface area contributed by atoms with Gasteiger partial charge in [-0.3, -0.25) is 14.9 Å². The van der Waals surface area contributed by atoms with E-state index in [1.54, 1.807) is 24.3 Å². The molecule has 1 N–H and O–H groups in total. The van der Waals surface area contributed by atoms with Crippen molar-refractivity contribution in [2.45, 2.75) is 25.4 Å². The molecule has 5 aromatic rings. The Labute approximate surface area is 219 Å². The summed E-state index contributed by atoms with van der Waals surface area (Å²) in [6.45, 7) is 0.947. The minimum absolute atomic E-state index is 0.0254. The second-order valence-electron chi connectivity index (χ2n) is 9.23. The van der Waals surface area contributed by atoms with E-state index in [0.717, 1.165) is 27.8 Å². The number of amides is 1. The van der Waals surface area contributed by atoms with Crippen molar-refractivity contribution in [3.05, 3.63) is 148 Å². The number of nitrogens with zero attached hydrogens (tertiary/aromatic N) is 2. The molecule has 0 radical (unpaired) electrons. The van der Waals surface area contributed by atoms with Gasteiger partial charge in [0.05, 0.1) is 4.92 Å². The molecule has 0 aliphatic rings. The summed E-state index contributed by atoms with van der Waals surface area (Å²) in [6, 6.07) is 30.4. The molecule has 0 unspecified atom stereocenters. The van der Waals surface area contributed by atoms with Gasteiger partial charge in [0, 0.05) is 54.7 Å². The van der Waals surface area contributed by atoms with Crippen molar-refractivity contribution in [3.63, 3.8) is 0 Å². The molecule has 38 heavy (non-hydrogen) atoms. The van der Waals surface area contributed by atoms with Crippen LogP contribution in [0.1, 0.15) is 34.6 Å². The van der Waals surface area contributed by atoms with Crippen LogP contribution in [0.5, 0.6) is 0 Å². The molecule has 7 heteroatoms. The zero-order valence-corrected chi connectivity index (χ0v) is 20.6. The molecule has 1 aromatic heterocycles. The van der Waals surface area contributed by atoms with E-state index in [4.69, 9.17) is 0 Å². The SMILES string of the molecule is O=C(C[C@H](c1ccc(F)cc1)c1cn(Cc2ccccc2)c2ccc([N+](=O)[O-])cc12)NCc1ccccc1. The molecule has 1 amide bonds. The second-order valence-corrected chi connectivity index (χ2v) is 9.23. The van der Waals surface area contributed by atoms with E-state index in [1.165, 1.54) is 18.2 Å². The first-order chi connectivity index (χ1) is 18.5. The number of aromatic nitrogens is 1. The van der Waals surface area contributed by atoms with Crippen LogP contribution in [0.2, 0.25) is 0 Å². The van der Waals surface area contributed by atoms with E-state index in [2.05, 4.69) is 5.32 Å². The highest BCUT2D eigenvalue weighted by Crippen LogP contribution is 2.37. The Morgan fingerprint density at radius 3 is 2.21 bits per heavy atom. The van der Waals surface area contributed by atoms with Gasteiger partial charge in [-0.1, -0.05) is 72.8 Å². The Balaban J connectivity index is 1.56. The van der Waals surface area contributed by atoms with Gasteiger partial charge in [0.1, 0.15) is 5.82 Å². The number of non-ortho nitro benzene ring substituents is 1. The lowest BCUT2D eigenvalue weighted by atomic mass is 9.88. The normalized spacial score (nSPS) is 11.8. The summed E-state index contributed by atoms with van der Waals surface area (Å²) in [5, 5.41) is 15.3. The molecule has 5 rings (SSSR count). The molecular weight excluding hydrogens is 481 g/mol. The zero-order chi connectivity index (χ0) is 26.5. The Hall–Kier alpha value is -4.78. The lowest BCUT2D eigenvalue weighted by Crippen LogP contribution is -2.25. The fourth-order valence-corrected chi connectivity index (χ4v) is 4.77. The van der Waals surface area contributed by atoms with E-state index >= 15 is 0 Å². The van der Waals surface area contributed by atoms with Gasteiger partial charge >= 0.3 is 0 Å². The first-order valence-electron chi connectivity index (χ1n) is 12.3. The van der Waals surface area contributed by atoms with Gasteiger partial charge in [0.25, 0.3) is 5.69 Å². The number of hydrogen-bond acceptors (Lipinski definition) is 3. The Bertz CT molecular complexity index is 1570. The predicted molar refractivity (Wildman–Crippen MR) is 145 cm³/mol. The highest BCUT2D eigenvalue weighted by Gasteiger charge is 2.24. The maximum absolute atomic E-state index is 13.8. The molecule has 0 spiro atoms. The summed E-state index contributed by atoms with van der Waals surface area (Å²) in [5.74, 6) is -0.978. The summed E-state index contributed by atoms with van der Waals surface area (Å²) in [6.07, 6.45) is 2.06. The summed E-state index contributed by atoms with van der Waals surface area (Å²) < 4.78 is 15.9. The minimum atomic E-state index is -0.437. The van der Waals surface area contributed by atoms with Crippen molar-refractivity contribution in [2.24, 2.45) is 0 Å². The smallest absolute Gasteiger partial charge is 0.270 e. The second kappa shape index (κ2) is 11.1. The third kappa shape index (κ3) is 5.62. The predicted octanol–water partition coefficient (Wildman–Crippen LogP) is 6.58. The van der Waals surface area contributed by atoms with Crippen LogP contribution in [-0.2, 0) is 17.9 Å². The molecular formula is C31H26FN3O3. The lowest BCUT2D eigenvalue weighted by molar-refractivity contribution is -0.384. The number of carbonyl (C=O) groups excluding carboxylic acids is 1. The largest absolute Gasteiger partial charge is 0.352 e. The summed E-state index contributed by atoms with van der Waals surface area (Å²) in [7, 11) is 0. The molecule has 1 atom stereocenters. The fraction of sp³-hybridized carbons (Fsp3) is 0.129. The minimum Gasteiger partial charge on any atom is -0.352 e. The average Bonchev–Trinajstić information content (AvgIpc) is 3.29. The monoisotopic (exact) mass is 507 g/mol. The van der Waals surface area contributed by atoms with Crippen molar-refractivity contribution < 1.29 is 14.1 Å². The number of carbonyl (C=O) groups is 1. The number of benzene rings is 4. The van der Waals surface area contributed by atoms with Crippen LogP contribution < -0.4 is 5.32 Å². The highest BCUT2D eigenvalue weighted by atomic mass is 19.1. The maximum Gasteiger partial charge on any atom is 0.270 e. The van der Waals surface area contributed by atoms with E-state index in [9.17, 15) is 19.3 Å². The van der Waals surface area contributed by atoms with Crippen molar-refractivity contribution in [2.75, 3.05) is 0 Å². The molecule has 4 aromatic carbocycles. The highest BCUT2D eigenvalue weighted by molar-refractivity contribution is 5.88. The van der Waals surface area contributed by atoms with Crippen LogP contribution in [-0.4, -0.2) is 15.4 Å². The fourth-order valence-electron chi connectivity index (χ4n) is 4.77. The number of hydrogen-bond donors (Lipinski definition) is 1. The molecule has 0 aliphatic carbocycles. The van der Waals surface area contributed by atoms with E-state index in [-0.39, 0.29) is 23.8 Å². The van der Waals surface area contributed by atoms with Crippen LogP contribution in [0.15, 0.2) is 109 Å². The third-order valence-electron chi connectivity index (χ3n) is 6.67. The summed E-state index contributed by atoms with van der Waals surface area (Å²) >= 11 is 0. The summed E-state index contributed by atoms with van der Waals surface area (Å²) in [4.78, 5) is 24.4. The van der Waals surface area contributed by atoms with Gasteiger partial charge in [-0.05, 0) is 40.5 Å². The van der Waals surface area contributed by atoms with Gasteiger partial charge in [0.2, 0.25) is 5.91 Å². The van der Waals surface area contributed by atoms with Crippen LogP contribution in [0.4, 0.5) is 10.1 Å². The first kappa shape index (κ1) is 24.9. The van der Waals surface area contributed by atoms with Crippen molar-refractivity contribution in [3.8, 4) is 0 Å². The first-order valence-corrected chi connectivity index (χ1v) is 12.3. The van der Waals surface area contributed by atoms with E-state index in [1.807, 2.05) is 71.4 Å². The number of nitro benzene ring substituents is 1. The van der Waals surface area contributed by atoms with Crippen LogP contribution in [0.3, 0.4) is 0 Å². The molecule has 0 fully saturated rings. The number of halogens is 1. The van der Waals surface area contributed by atoms with Crippen molar-refractivity contribution in [1.29, 1.82) is 0 Å². The number of rotatable bonds is 9. The van der Waals surface area contributed by atoms with Gasteiger partial charge in [-0.2, -0.15) is 0 Å². The quantitative estimate of drug-likeness (QED) is 0.181. The number of nitro groups is 1. The molecule has 6 nitrogen and oxygen atoms in total. The number of fused-ring (bicyclic) bond motifs is 1. The van der Waals surface area contributed by atoms with Crippen LogP contribution in [0.25, 0.3) is 10.9 Å². The van der Waals surface area contributed by atoms with Gasteiger partial charge in [0.15, 0.2) is 0 Å². The average molecular weight is 508 g/mol. The standard InChI is InChI=1S/C31H26FN3O3/c32-25-13-11-24(12-14-25)27(18-31(36)33-19-22-7-3-1-4-8-22)29-21-34(20-23-9-5-2-6-10-23)30-16-15-26(35(37)38)17-28(29)30/h1-17,21,27H,18-20H2,(H,33,36)/t27-/m1/s1. The Morgan fingerprint density at radius 1 is 0.895 bits per heavy atom. The van der Waals surface area contributed by atoms with E-state index < -0.39 is 10.8 Å².